The molecule has 0 bridgehead atoms. The van der Waals surface area contributed by atoms with E-state index in [1.807, 2.05) is 91.2 Å². The molecule has 11 rings (SSSR count). The predicted octanol–water partition coefficient (Wildman–Crippen LogP) is 7.72. The van der Waals surface area contributed by atoms with Gasteiger partial charge in [0, 0.05) is 189 Å². The molecule has 0 radical (unpaired) electrons. The summed E-state index contributed by atoms with van der Waals surface area (Å²) < 4.78 is 0. The van der Waals surface area contributed by atoms with Crippen LogP contribution in [0.5, 0.6) is 0 Å². The number of carboxylic acids is 4. The number of aromatic nitrogens is 3. The fourth-order valence-corrected chi connectivity index (χ4v) is 13.3. The number of hydrogen-bond acceptors (Lipinski definition) is 21. The molecule has 0 unspecified atom stereocenters. The highest BCUT2D eigenvalue weighted by Gasteiger charge is 2.24. The summed E-state index contributed by atoms with van der Waals surface area (Å²) in [6.45, 7) is 16.4. The quantitative estimate of drug-likeness (QED) is 0.0279. The summed E-state index contributed by atoms with van der Waals surface area (Å²) >= 11 is 10.3. The maximum absolute atomic E-state index is 13.4. The third kappa shape index (κ3) is 31.2. The van der Waals surface area contributed by atoms with E-state index in [1.54, 1.807) is 59.4 Å². The maximum atomic E-state index is 13.4. The van der Waals surface area contributed by atoms with Gasteiger partial charge in [-0.05, 0) is 97.1 Å². The lowest BCUT2D eigenvalue weighted by Gasteiger charge is -2.33. The zero-order valence-corrected chi connectivity index (χ0v) is 65.8. The van der Waals surface area contributed by atoms with Gasteiger partial charge in [0.1, 0.15) is 29.1 Å². The van der Waals surface area contributed by atoms with E-state index >= 15 is 0 Å². The molecule has 0 spiro atoms. The number of amides is 2. The molecule has 2 fully saturated rings. The lowest BCUT2D eigenvalue weighted by molar-refractivity contribution is -0.140. The highest BCUT2D eigenvalue weighted by atomic mass is 35.5. The Balaban J connectivity index is 0.000000243. The van der Waals surface area contributed by atoms with Crippen molar-refractivity contribution in [2.45, 2.75) is 47.8 Å². The summed E-state index contributed by atoms with van der Waals surface area (Å²) in [5.74, 6) is -4.00. The first kappa shape index (κ1) is 91.3. The molecular formula is C83H108Cl2N14O13. The van der Waals surface area contributed by atoms with Crippen LogP contribution in [0.2, 0.25) is 0 Å². The smallest absolute Gasteiger partial charge is 0.318 e. The molecule has 5 heterocycles. The Labute approximate surface area is 665 Å². The number of alkyl halides is 2. The standard InChI is InChI=1S/C31H40N6O7.C17H15ClN2O.C17H32N4O3.C15H14N2.C2H3ClO2.CH4/c1-33(18-23-6-7-27-26(16-23)25-5-3-2-4-24(25)17-32-27)28(38)19-34-8-10-35(20-29(39)40)12-14-37(22-31(43)44)15-13-36(11-9-34)21-30(41)42;1-20(17(21)9-18)11-12-6-7-16-15(8-12)14-5-3-2-4-13(14)10-19-16;1-15(22)12-19-6-4-18-5-7-20(13-16(2)23)9-11-21(10-8-19)14-17(3)24;1-16-9-11-6-7-15-14(8-11)13-5-3-2-4-12(13)10-17-15;3-1-2(4)5;/h2-7,16-17H,8-15,18-22H2,1H3,(H,39,40)(H,41,42)(H,43,44);2-8,10H,9,11H2,1H3;18H,4-14H2,1-3H3;2-8,10,16H,9H2,1H3;1H2,(H,4,5);1H4. The van der Waals surface area contributed by atoms with Crippen LogP contribution in [0.4, 0.5) is 0 Å². The number of nitrogens with zero attached hydrogens (tertiary/aromatic N) is 12. The fourth-order valence-electron chi connectivity index (χ4n) is 13.1. The summed E-state index contributed by atoms with van der Waals surface area (Å²) in [6.07, 6.45) is 5.68. The molecule has 0 saturated carbocycles. The highest BCUT2D eigenvalue weighted by Crippen LogP contribution is 2.28. The second-order valence-electron chi connectivity index (χ2n) is 27.8. The molecule has 2 amide bonds. The van der Waals surface area contributed by atoms with E-state index in [0.29, 0.717) is 85.1 Å². The zero-order chi connectivity index (χ0) is 80.4. The number of aliphatic carboxylic acids is 4. The Bertz CT molecular complexity index is 4560. The third-order valence-corrected chi connectivity index (χ3v) is 19.1. The number of pyridine rings is 3. The molecule has 2 aliphatic rings. The van der Waals surface area contributed by atoms with Crippen LogP contribution in [-0.2, 0) is 62.8 Å². The Morgan fingerprint density at radius 3 is 0.973 bits per heavy atom. The number of fused-ring (bicyclic) bond motifs is 9. The van der Waals surface area contributed by atoms with E-state index in [2.05, 4.69) is 107 Å². The number of nitrogens with one attached hydrogen (secondary N) is 2. The van der Waals surface area contributed by atoms with Gasteiger partial charge in [0.15, 0.2) is 0 Å². The molecule has 29 heteroatoms. The number of carboxylic acid groups (broad SMARTS) is 4. The Kier molecular flexibility index (Phi) is 38.8. The lowest BCUT2D eigenvalue weighted by atomic mass is 10.0. The molecule has 3 aromatic heterocycles. The number of Topliss-reactive ketones (excluding diaryl/α,β-unsaturated/α-hetero) is 3. The minimum atomic E-state index is -1.01. The van der Waals surface area contributed by atoms with E-state index in [-0.39, 0.29) is 74.5 Å². The van der Waals surface area contributed by atoms with Gasteiger partial charge in [-0.25, -0.2) is 0 Å². The number of benzene rings is 6. The van der Waals surface area contributed by atoms with Crippen LogP contribution in [0.15, 0.2) is 146 Å². The van der Waals surface area contributed by atoms with E-state index in [1.165, 1.54) is 27.1 Å². The van der Waals surface area contributed by atoms with Gasteiger partial charge in [0.05, 0.1) is 62.4 Å². The van der Waals surface area contributed by atoms with Gasteiger partial charge in [-0.2, -0.15) is 0 Å². The highest BCUT2D eigenvalue weighted by molar-refractivity contribution is 6.27. The normalized spacial score (nSPS) is 15.0. The molecule has 2 saturated heterocycles. The molecule has 112 heavy (non-hydrogen) atoms. The van der Waals surface area contributed by atoms with Crippen LogP contribution in [0.3, 0.4) is 0 Å². The van der Waals surface area contributed by atoms with Gasteiger partial charge in [-0.3, -0.25) is 92.4 Å². The molecule has 602 valence electrons. The number of ketones is 3. The Morgan fingerprint density at radius 2 is 0.670 bits per heavy atom. The number of carbonyl (C=O) groups excluding carboxylic acids is 5. The number of carbonyl (C=O) groups is 9. The summed E-state index contributed by atoms with van der Waals surface area (Å²) in [5, 5.41) is 52.6. The monoisotopic (exact) mass is 1580 g/mol. The average molecular weight is 1580 g/mol. The average Bonchev–Trinajstić information content (AvgIpc) is 0.808. The second kappa shape index (κ2) is 47.7. The van der Waals surface area contributed by atoms with Crippen LogP contribution in [-0.4, -0.2) is 316 Å². The van der Waals surface area contributed by atoms with Crippen molar-refractivity contribution in [1.82, 2.24) is 69.7 Å². The zero-order valence-electron chi connectivity index (χ0n) is 64.2. The van der Waals surface area contributed by atoms with Crippen molar-refractivity contribution in [3.63, 3.8) is 0 Å². The second-order valence-corrected chi connectivity index (χ2v) is 28.3. The van der Waals surface area contributed by atoms with E-state index in [0.717, 1.165) is 114 Å². The molecule has 6 N–H and O–H groups in total. The van der Waals surface area contributed by atoms with Crippen LogP contribution < -0.4 is 10.6 Å². The molecule has 9 aromatic rings. The SMILES string of the molecule is C.CC(=O)CN1CCNCCN(CC(C)=O)CCN(CC(C)=O)CC1.CN(Cc1ccc2ncc3ccccc3c2c1)C(=O)CCl.CN(Cc1ccc2ncc3ccccc3c2c1)C(=O)CN1CCN(CC(=O)O)CCN(CC(=O)O)CCN(CC(=O)O)CC1.CNCc1ccc2ncc3ccccc3c2c1.O=C(O)CCl. The van der Waals surface area contributed by atoms with Crippen molar-refractivity contribution in [1.29, 1.82) is 0 Å². The summed E-state index contributed by atoms with van der Waals surface area (Å²) in [4.78, 5) is 133. The predicted molar refractivity (Wildman–Crippen MR) is 442 cm³/mol. The molecule has 0 atom stereocenters. The third-order valence-electron chi connectivity index (χ3n) is 18.6. The minimum Gasteiger partial charge on any atom is -0.480 e. The first-order valence-electron chi connectivity index (χ1n) is 36.9. The topological polar surface area (TPSA) is 326 Å². The summed E-state index contributed by atoms with van der Waals surface area (Å²) in [6, 6.07) is 43.1. The van der Waals surface area contributed by atoms with Gasteiger partial charge >= 0.3 is 23.9 Å². The van der Waals surface area contributed by atoms with Crippen LogP contribution in [0, 0.1) is 0 Å². The Hall–Kier alpha value is -9.62. The van der Waals surface area contributed by atoms with Gasteiger partial charge in [-0.15, -0.1) is 23.2 Å². The van der Waals surface area contributed by atoms with Gasteiger partial charge < -0.3 is 40.9 Å². The number of likely N-dealkylation sites (N-methyl/N-ethyl adjacent to an activating group) is 1. The minimum absolute atomic E-state index is 0. The van der Waals surface area contributed by atoms with Gasteiger partial charge in [0.25, 0.3) is 0 Å². The van der Waals surface area contributed by atoms with Crippen molar-refractivity contribution in [2.24, 2.45) is 0 Å². The molecule has 0 aliphatic carbocycles. The van der Waals surface area contributed by atoms with Crippen molar-refractivity contribution in [2.75, 3.05) is 183 Å². The number of halogens is 2. The largest absolute Gasteiger partial charge is 0.480 e. The van der Waals surface area contributed by atoms with Gasteiger partial charge in [0.2, 0.25) is 11.8 Å². The van der Waals surface area contributed by atoms with E-state index in [4.69, 9.17) is 28.3 Å². The van der Waals surface area contributed by atoms with E-state index in [9.17, 15) is 58.5 Å². The van der Waals surface area contributed by atoms with Gasteiger partial charge in [-0.1, -0.05) is 98.4 Å². The first-order valence-corrected chi connectivity index (χ1v) is 38.0. The maximum Gasteiger partial charge on any atom is 0.318 e. The van der Waals surface area contributed by atoms with Crippen LogP contribution >= 0.6 is 23.2 Å². The summed E-state index contributed by atoms with van der Waals surface area (Å²) in [7, 11) is 5.47. The van der Waals surface area contributed by atoms with Crippen LogP contribution in [0.1, 0.15) is 44.9 Å². The van der Waals surface area contributed by atoms with Crippen molar-refractivity contribution >= 4 is 141 Å². The Morgan fingerprint density at radius 1 is 0.384 bits per heavy atom. The lowest BCUT2D eigenvalue weighted by Crippen LogP contribution is -2.49. The molecule has 6 aromatic carbocycles. The summed E-state index contributed by atoms with van der Waals surface area (Å²) in [5.41, 5.74) is 6.22. The molecule has 2 aliphatic heterocycles. The number of rotatable bonds is 22. The van der Waals surface area contributed by atoms with Crippen molar-refractivity contribution < 1.29 is 63.6 Å². The first-order chi connectivity index (χ1) is 53.3. The van der Waals surface area contributed by atoms with E-state index < -0.39 is 23.9 Å². The van der Waals surface area contributed by atoms with Crippen molar-refractivity contribution in [3.8, 4) is 0 Å². The number of hydrogen-bond donors (Lipinski definition) is 6. The fraction of sp³-hybridized carbons (Fsp3) is 0.422. The van der Waals surface area contributed by atoms with Crippen molar-refractivity contribution in [3.05, 3.63) is 163 Å². The molecular weight excluding hydrogens is 1470 g/mol. The molecule has 27 nitrogen and oxygen atoms in total. The van der Waals surface area contributed by atoms with Crippen LogP contribution in [0.25, 0.3) is 65.0 Å².